The molecule has 1 amide bonds. The Hall–Kier alpha value is -2.13. The van der Waals surface area contributed by atoms with Gasteiger partial charge in [0.05, 0.1) is 6.04 Å². The van der Waals surface area contributed by atoms with Gasteiger partial charge in [-0.3, -0.25) is 4.79 Å². The first kappa shape index (κ1) is 15.3. The summed E-state index contributed by atoms with van der Waals surface area (Å²) < 4.78 is 0. The first-order valence-corrected chi connectivity index (χ1v) is 7.13. The highest BCUT2D eigenvalue weighted by Crippen LogP contribution is 2.25. The average Bonchev–Trinajstić information content (AvgIpc) is 2.52. The SMILES string of the molecule is Cc1ccccc1C(=O)N(C)C(CCO)c1ccccc1. The molecular weight excluding hydrogens is 262 g/mol. The Bertz CT molecular complexity index is 595. The van der Waals surface area contributed by atoms with Crippen LogP contribution in [0.25, 0.3) is 0 Å². The van der Waals surface area contributed by atoms with E-state index in [0.717, 1.165) is 11.1 Å². The summed E-state index contributed by atoms with van der Waals surface area (Å²) in [6.45, 7) is 1.98. The molecule has 0 heterocycles. The molecular formula is C18H21NO2. The number of aryl methyl sites for hydroxylation is 1. The molecule has 0 aliphatic carbocycles. The molecule has 0 saturated heterocycles. The second-order valence-corrected chi connectivity index (χ2v) is 5.17. The number of hydrogen-bond acceptors (Lipinski definition) is 2. The van der Waals surface area contributed by atoms with Gasteiger partial charge in [0, 0.05) is 19.2 Å². The van der Waals surface area contributed by atoms with Crippen molar-refractivity contribution in [3.05, 3.63) is 71.3 Å². The largest absolute Gasteiger partial charge is 0.396 e. The van der Waals surface area contributed by atoms with Crippen molar-refractivity contribution < 1.29 is 9.90 Å². The van der Waals surface area contributed by atoms with Gasteiger partial charge < -0.3 is 10.0 Å². The van der Waals surface area contributed by atoms with Crippen LogP contribution in [0, 0.1) is 6.92 Å². The van der Waals surface area contributed by atoms with Crippen LogP contribution < -0.4 is 0 Å². The fourth-order valence-electron chi connectivity index (χ4n) is 2.53. The summed E-state index contributed by atoms with van der Waals surface area (Å²) in [5.74, 6) is -0.0181. The van der Waals surface area contributed by atoms with Gasteiger partial charge in [0.1, 0.15) is 0 Å². The van der Waals surface area contributed by atoms with Crippen molar-refractivity contribution in [2.45, 2.75) is 19.4 Å². The number of carbonyl (C=O) groups is 1. The van der Waals surface area contributed by atoms with Crippen LogP contribution in [0.5, 0.6) is 0 Å². The maximum atomic E-state index is 12.7. The Morgan fingerprint density at radius 1 is 1.10 bits per heavy atom. The Kier molecular flexibility index (Phi) is 5.12. The van der Waals surface area contributed by atoms with Crippen molar-refractivity contribution in [1.82, 2.24) is 4.90 Å². The van der Waals surface area contributed by atoms with E-state index in [-0.39, 0.29) is 18.6 Å². The van der Waals surface area contributed by atoms with Crippen LogP contribution in [0.1, 0.15) is 33.9 Å². The summed E-state index contributed by atoms with van der Waals surface area (Å²) in [6.07, 6.45) is 0.526. The summed E-state index contributed by atoms with van der Waals surface area (Å²) in [5, 5.41) is 9.32. The number of aliphatic hydroxyl groups excluding tert-OH is 1. The summed E-state index contributed by atoms with van der Waals surface area (Å²) >= 11 is 0. The van der Waals surface area contributed by atoms with Crippen molar-refractivity contribution in [3.63, 3.8) is 0 Å². The van der Waals surface area contributed by atoms with Crippen LogP contribution in [0.15, 0.2) is 54.6 Å². The molecule has 2 aromatic carbocycles. The predicted molar refractivity (Wildman–Crippen MR) is 84.2 cm³/mol. The summed E-state index contributed by atoms with van der Waals surface area (Å²) in [4.78, 5) is 14.4. The third kappa shape index (κ3) is 3.50. The van der Waals surface area contributed by atoms with E-state index in [4.69, 9.17) is 0 Å². The molecule has 2 rings (SSSR count). The van der Waals surface area contributed by atoms with Gasteiger partial charge in [-0.1, -0.05) is 48.5 Å². The zero-order valence-corrected chi connectivity index (χ0v) is 12.5. The third-order valence-electron chi connectivity index (χ3n) is 3.75. The first-order valence-electron chi connectivity index (χ1n) is 7.13. The Morgan fingerprint density at radius 3 is 2.33 bits per heavy atom. The zero-order chi connectivity index (χ0) is 15.2. The molecule has 0 radical (unpaired) electrons. The summed E-state index contributed by atoms with van der Waals surface area (Å²) in [7, 11) is 1.79. The first-order chi connectivity index (χ1) is 10.1. The second-order valence-electron chi connectivity index (χ2n) is 5.17. The van der Waals surface area contributed by atoms with Gasteiger partial charge in [-0.05, 0) is 30.5 Å². The van der Waals surface area contributed by atoms with Crippen LogP contribution in [0.2, 0.25) is 0 Å². The molecule has 0 bridgehead atoms. The maximum Gasteiger partial charge on any atom is 0.254 e. The van der Waals surface area contributed by atoms with Gasteiger partial charge in [-0.15, -0.1) is 0 Å². The Morgan fingerprint density at radius 2 is 1.71 bits per heavy atom. The minimum absolute atomic E-state index is 0.0181. The van der Waals surface area contributed by atoms with E-state index in [1.807, 2.05) is 61.5 Å². The normalized spacial score (nSPS) is 12.0. The van der Waals surface area contributed by atoms with Gasteiger partial charge >= 0.3 is 0 Å². The van der Waals surface area contributed by atoms with E-state index in [2.05, 4.69) is 0 Å². The van der Waals surface area contributed by atoms with Crippen LogP contribution in [0.3, 0.4) is 0 Å². The van der Waals surface area contributed by atoms with Gasteiger partial charge in [-0.2, -0.15) is 0 Å². The van der Waals surface area contributed by atoms with Crippen molar-refractivity contribution >= 4 is 5.91 Å². The molecule has 0 aliphatic heterocycles. The molecule has 0 spiro atoms. The third-order valence-corrected chi connectivity index (χ3v) is 3.75. The number of carbonyl (C=O) groups excluding carboxylic acids is 1. The highest BCUT2D eigenvalue weighted by molar-refractivity contribution is 5.95. The number of benzene rings is 2. The Balaban J connectivity index is 2.29. The fraction of sp³-hybridized carbons (Fsp3) is 0.278. The smallest absolute Gasteiger partial charge is 0.254 e. The van der Waals surface area contributed by atoms with Crippen LogP contribution in [0.4, 0.5) is 0 Å². The van der Waals surface area contributed by atoms with E-state index in [0.29, 0.717) is 12.0 Å². The molecule has 2 aromatic rings. The maximum absolute atomic E-state index is 12.7. The molecule has 0 aliphatic rings. The van der Waals surface area contributed by atoms with E-state index in [1.54, 1.807) is 11.9 Å². The zero-order valence-electron chi connectivity index (χ0n) is 12.5. The number of amides is 1. The van der Waals surface area contributed by atoms with Crippen LogP contribution in [-0.2, 0) is 0 Å². The monoisotopic (exact) mass is 283 g/mol. The lowest BCUT2D eigenvalue weighted by Gasteiger charge is -2.29. The lowest BCUT2D eigenvalue weighted by Crippen LogP contribution is -2.32. The lowest BCUT2D eigenvalue weighted by molar-refractivity contribution is 0.0704. The standard InChI is InChI=1S/C18H21NO2/c1-14-8-6-7-11-16(14)18(21)19(2)17(12-13-20)15-9-4-3-5-10-15/h3-11,17,20H,12-13H2,1-2H3. The number of aliphatic hydroxyl groups is 1. The van der Waals surface area contributed by atoms with Gasteiger partial charge in [-0.25, -0.2) is 0 Å². The van der Waals surface area contributed by atoms with Crippen LogP contribution in [-0.4, -0.2) is 29.6 Å². The Labute approximate surface area is 125 Å². The highest BCUT2D eigenvalue weighted by Gasteiger charge is 2.23. The number of nitrogens with zero attached hydrogens (tertiary/aromatic N) is 1. The van der Waals surface area contributed by atoms with E-state index in [9.17, 15) is 9.90 Å². The van der Waals surface area contributed by atoms with Crippen molar-refractivity contribution in [2.24, 2.45) is 0 Å². The quantitative estimate of drug-likeness (QED) is 0.915. The molecule has 1 atom stereocenters. The van der Waals surface area contributed by atoms with Gasteiger partial charge in [0.25, 0.3) is 5.91 Å². The van der Waals surface area contributed by atoms with Crippen molar-refractivity contribution in [2.75, 3.05) is 13.7 Å². The second kappa shape index (κ2) is 7.04. The van der Waals surface area contributed by atoms with E-state index < -0.39 is 0 Å². The van der Waals surface area contributed by atoms with E-state index in [1.165, 1.54) is 0 Å². The molecule has 1 unspecified atom stereocenters. The average molecular weight is 283 g/mol. The molecule has 3 heteroatoms. The van der Waals surface area contributed by atoms with Crippen LogP contribution >= 0.6 is 0 Å². The molecule has 3 nitrogen and oxygen atoms in total. The molecule has 0 saturated carbocycles. The van der Waals surface area contributed by atoms with Crippen molar-refractivity contribution in [3.8, 4) is 0 Å². The molecule has 21 heavy (non-hydrogen) atoms. The van der Waals surface area contributed by atoms with Crippen molar-refractivity contribution in [1.29, 1.82) is 0 Å². The minimum atomic E-state index is -0.122. The lowest BCUT2D eigenvalue weighted by atomic mass is 10.0. The molecule has 1 N–H and O–H groups in total. The van der Waals surface area contributed by atoms with Gasteiger partial charge in [0.15, 0.2) is 0 Å². The highest BCUT2D eigenvalue weighted by atomic mass is 16.3. The molecule has 0 fully saturated rings. The minimum Gasteiger partial charge on any atom is -0.396 e. The number of hydrogen-bond donors (Lipinski definition) is 1. The molecule has 110 valence electrons. The van der Waals surface area contributed by atoms with E-state index >= 15 is 0 Å². The topological polar surface area (TPSA) is 40.5 Å². The fourth-order valence-corrected chi connectivity index (χ4v) is 2.53. The summed E-state index contributed by atoms with van der Waals surface area (Å²) in [5.41, 5.74) is 2.71. The molecule has 0 aromatic heterocycles. The summed E-state index contributed by atoms with van der Waals surface area (Å²) in [6, 6.07) is 17.3. The number of rotatable bonds is 5. The van der Waals surface area contributed by atoms with Gasteiger partial charge in [0.2, 0.25) is 0 Å². The predicted octanol–water partition coefficient (Wildman–Crippen LogP) is 3.19.